The molecule has 3 N–H and O–H groups in total. The largest absolute Gasteiger partial charge is 0.454 e. The molecule has 0 spiro atoms. The number of Topliss-reactive ketones (excluding diaryl/α,β-unsaturated/α-hetero) is 2. The van der Waals surface area contributed by atoms with E-state index in [4.69, 9.17) is 9.47 Å². The molecule has 7 atom stereocenters. The second kappa shape index (κ2) is 15.2. The molecule has 3 unspecified atom stereocenters. The Balaban J connectivity index is 1.45. The van der Waals surface area contributed by atoms with Gasteiger partial charge in [0.1, 0.15) is 30.1 Å². The van der Waals surface area contributed by atoms with Crippen molar-refractivity contribution in [2.75, 3.05) is 7.11 Å². The van der Waals surface area contributed by atoms with Gasteiger partial charge in [0.25, 0.3) is 0 Å². The molecule has 1 amide bonds. The number of esters is 1. The lowest BCUT2D eigenvalue weighted by molar-refractivity contribution is -0.153. The van der Waals surface area contributed by atoms with Crippen molar-refractivity contribution in [2.24, 2.45) is 11.8 Å². The maximum atomic E-state index is 14.2. The van der Waals surface area contributed by atoms with Crippen LogP contribution in [-0.4, -0.2) is 54.8 Å². The fourth-order valence-corrected chi connectivity index (χ4v) is 7.40. The van der Waals surface area contributed by atoms with E-state index >= 15 is 0 Å². The van der Waals surface area contributed by atoms with Crippen LogP contribution in [0.3, 0.4) is 0 Å². The number of carbonyl (C=O) groups is 4. The number of carbonyl (C=O) groups excluding carboxylic acids is 4. The zero-order valence-electron chi connectivity index (χ0n) is 26.9. The van der Waals surface area contributed by atoms with E-state index in [-0.39, 0.29) is 29.6 Å². The van der Waals surface area contributed by atoms with Crippen LogP contribution in [0.15, 0.2) is 42.2 Å². The van der Waals surface area contributed by atoms with Crippen molar-refractivity contribution in [3.63, 3.8) is 0 Å². The predicted molar refractivity (Wildman–Crippen MR) is 172 cm³/mol. The van der Waals surface area contributed by atoms with Crippen LogP contribution in [-0.2, 0) is 28.7 Å². The van der Waals surface area contributed by atoms with Gasteiger partial charge in [-0.15, -0.1) is 0 Å². The summed E-state index contributed by atoms with van der Waals surface area (Å²) < 4.78 is 12.0. The summed E-state index contributed by atoms with van der Waals surface area (Å²) in [6, 6.07) is 6.55. The molecule has 244 valence electrons. The van der Waals surface area contributed by atoms with E-state index in [1.807, 2.05) is 44.3 Å². The van der Waals surface area contributed by atoms with Gasteiger partial charge in [0.2, 0.25) is 5.91 Å². The van der Waals surface area contributed by atoms with Crippen LogP contribution >= 0.6 is 0 Å². The van der Waals surface area contributed by atoms with Crippen LogP contribution in [0, 0.1) is 11.8 Å². The van der Waals surface area contributed by atoms with Gasteiger partial charge in [-0.05, 0) is 54.9 Å². The molecule has 0 radical (unpaired) electrons. The second-order valence-electron chi connectivity index (χ2n) is 12.9. The normalized spacial score (nSPS) is 29.8. The first-order chi connectivity index (χ1) is 21.8. The van der Waals surface area contributed by atoms with E-state index < -0.39 is 36.0 Å². The summed E-state index contributed by atoms with van der Waals surface area (Å²) in [5.74, 6) is -1.33. The molecule has 2 fully saturated rings. The number of benzene rings is 1. The minimum atomic E-state index is -0.841. The number of ether oxygens (including phenoxy) is 2. The highest BCUT2D eigenvalue weighted by molar-refractivity contribution is 5.94. The molecule has 4 aliphatic rings. The standard InChI is InChI=1S/C36H49N3O6/c1-4-23(40)13-7-6-8-18-29-36(43)45-32(20-22-19-31(44-3)25-15-10-9-14-24(22)25)30-21-37-28(5-2)33(38-30)34(41)26-16-11-12-17-27(26)35(42)39-29/h9-10,14-15,19,21,26-29,31-33,37-38H,4-8,11-13,16-18,20H2,1-3H3,(H,39,42)/t26?,27-,28?,29-,31?,32-,33-/m0/s1. The molecule has 2 aliphatic heterocycles. The summed E-state index contributed by atoms with van der Waals surface area (Å²) in [6.45, 7) is 3.91. The molecular weight excluding hydrogens is 570 g/mol. The van der Waals surface area contributed by atoms with Gasteiger partial charge in [-0.1, -0.05) is 63.8 Å². The fourth-order valence-electron chi connectivity index (χ4n) is 7.40. The third-order valence-corrected chi connectivity index (χ3v) is 10.1. The Morgan fingerprint density at radius 2 is 1.78 bits per heavy atom. The Labute approximate surface area is 266 Å². The summed E-state index contributed by atoms with van der Waals surface area (Å²) in [5, 5.41) is 9.97. The van der Waals surface area contributed by atoms with Crippen molar-refractivity contribution in [2.45, 2.75) is 121 Å². The number of rotatable bonds is 11. The van der Waals surface area contributed by atoms with Gasteiger partial charge in [-0.25, -0.2) is 4.79 Å². The van der Waals surface area contributed by atoms with Gasteiger partial charge in [0, 0.05) is 44.4 Å². The number of fused-ring (bicyclic) bond motifs is 4. The molecule has 1 aromatic carbocycles. The number of ketones is 2. The van der Waals surface area contributed by atoms with Crippen LogP contribution in [0.25, 0.3) is 5.57 Å². The Kier molecular flexibility index (Phi) is 11.1. The average molecular weight is 620 g/mol. The van der Waals surface area contributed by atoms with Crippen molar-refractivity contribution in [1.82, 2.24) is 16.0 Å². The minimum Gasteiger partial charge on any atom is -0.454 e. The van der Waals surface area contributed by atoms with Gasteiger partial charge in [0.05, 0.1) is 11.7 Å². The topological polar surface area (TPSA) is 123 Å². The van der Waals surface area contributed by atoms with Crippen LogP contribution in [0.2, 0.25) is 0 Å². The van der Waals surface area contributed by atoms with Crippen molar-refractivity contribution in [3.8, 4) is 0 Å². The average Bonchev–Trinajstić information content (AvgIpc) is 3.43. The number of amides is 1. The zero-order chi connectivity index (χ0) is 31.9. The summed E-state index contributed by atoms with van der Waals surface area (Å²) in [4.78, 5) is 53.8. The van der Waals surface area contributed by atoms with E-state index in [0.29, 0.717) is 50.6 Å². The van der Waals surface area contributed by atoms with Crippen LogP contribution in [0.4, 0.5) is 0 Å². The van der Waals surface area contributed by atoms with Gasteiger partial charge < -0.3 is 25.4 Å². The van der Waals surface area contributed by atoms with Crippen LogP contribution in [0.1, 0.15) is 108 Å². The molecular formula is C36H49N3O6. The maximum absolute atomic E-state index is 14.2. The Morgan fingerprint density at radius 1 is 1.00 bits per heavy atom. The van der Waals surface area contributed by atoms with Gasteiger partial charge >= 0.3 is 5.97 Å². The second-order valence-corrected chi connectivity index (χ2v) is 12.9. The first kappa shape index (κ1) is 32.9. The molecule has 9 heteroatoms. The molecule has 1 aromatic rings. The van der Waals surface area contributed by atoms with Crippen molar-refractivity contribution in [3.05, 3.63) is 53.4 Å². The Hall–Kier alpha value is -3.46. The molecule has 9 nitrogen and oxygen atoms in total. The van der Waals surface area contributed by atoms with Crippen molar-refractivity contribution >= 4 is 29.0 Å². The molecule has 45 heavy (non-hydrogen) atoms. The lowest BCUT2D eigenvalue weighted by Crippen LogP contribution is -2.60. The SMILES string of the molecule is CCC(=O)CCCCC[C@@H]1NC(=O)[C@H]2CCCCC2C(=O)[C@H]2NC(=CNC2CC)[C@H](CC2=CC(OC)c3ccccc32)OC1=O. The van der Waals surface area contributed by atoms with Crippen molar-refractivity contribution in [1.29, 1.82) is 0 Å². The summed E-state index contributed by atoms with van der Waals surface area (Å²) >= 11 is 0. The zero-order valence-corrected chi connectivity index (χ0v) is 26.9. The maximum Gasteiger partial charge on any atom is 0.329 e. The number of hydrogen-bond donors (Lipinski definition) is 3. The van der Waals surface area contributed by atoms with Crippen molar-refractivity contribution < 1.29 is 28.7 Å². The number of hydrogen-bond acceptors (Lipinski definition) is 8. The number of unbranched alkanes of at least 4 members (excludes halogenated alkanes) is 2. The fraction of sp³-hybridized carbons (Fsp3) is 0.611. The lowest BCUT2D eigenvalue weighted by Gasteiger charge is -2.40. The van der Waals surface area contributed by atoms with E-state index in [1.54, 1.807) is 7.11 Å². The van der Waals surface area contributed by atoms with Gasteiger partial charge in [-0.3, -0.25) is 14.4 Å². The molecule has 2 aliphatic carbocycles. The molecule has 1 saturated heterocycles. The smallest absolute Gasteiger partial charge is 0.329 e. The van der Waals surface area contributed by atoms with Gasteiger partial charge in [-0.2, -0.15) is 0 Å². The highest BCUT2D eigenvalue weighted by atomic mass is 16.5. The molecule has 2 bridgehead atoms. The number of nitrogens with one attached hydrogen (secondary N) is 3. The third kappa shape index (κ3) is 7.51. The van der Waals surface area contributed by atoms with E-state index in [1.165, 1.54) is 0 Å². The highest BCUT2D eigenvalue weighted by Gasteiger charge is 2.44. The third-order valence-electron chi connectivity index (χ3n) is 10.1. The summed E-state index contributed by atoms with van der Waals surface area (Å²) in [6.07, 6.45) is 10.8. The quantitative estimate of drug-likeness (QED) is 0.232. The number of methoxy groups -OCH3 is 1. The molecule has 5 rings (SSSR count). The van der Waals surface area contributed by atoms with E-state index in [9.17, 15) is 19.2 Å². The number of cyclic esters (lactones) is 1. The first-order valence-electron chi connectivity index (χ1n) is 17.0. The first-order valence-corrected chi connectivity index (χ1v) is 17.0. The summed E-state index contributed by atoms with van der Waals surface area (Å²) in [5.41, 5.74) is 3.76. The van der Waals surface area contributed by atoms with Crippen LogP contribution in [0.5, 0.6) is 0 Å². The molecule has 2 heterocycles. The Morgan fingerprint density at radius 3 is 2.53 bits per heavy atom. The minimum absolute atomic E-state index is 0.0486. The van der Waals surface area contributed by atoms with E-state index in [0.717, 1.165) is 48.8 Å². The Bertz CT molecular complexity index is 1320. The van der Waals surface area contributed by atoms with Gasteiger partial charge in [0.15, 0.2) is 5.78 Å². The predicted octanol–water partition coefficient (Wildman–Crippen LogP) is 5.06. The lowest BCUT2D eigenvalue weighted by atomic mass is 9.73. The summed E-state index contributed by atoms with van der Waals surface area (Å²) in [7, 11) is 1.68. The van der Waals surface area contributed by atoms with E-state index in [2.05, 4.69) is 22.0 Å². The highest BCUT2D eigenvalue weighted by Crippen LogP contribution is 2.40. The van der Waals surface area contributed by atoms with Crippen LogP contribution < -0.4 is 16.0 Å². The molecule has 1 saturated carbocycles. The molecule has 0 aromatic heterocycles. The monoisotopic (exact) mass is 619 g/mol.